The lowest BCUT2D eigenvalue weighted by Gasteiger charge is -2.16. The summed E-state index contributed by atoms with van der Waals surface area (Å²) in [6, 6.07) is 1.75. The van der Waals surface area contributed by atoms with Gasteiger partial charge in [0.05, 0.1) is 6.54 Å². The molecule has 1 aromatic rings. The van der Waals surface area contributed by atoms with E-state index in [0.29, 0.717) is 19.0 Å². The zero-order valence-corrected chi connectivity index (χ0v) is 11.0. The summed E-state index contributed by atoms with van der Waals surface area (Å²) >= 11 is 0. The Morgan fingerprint density at radius 2 is 2.29 bits per heavy atom. The fraction of sp³-hybridized carbons (Fsp3) is 0.667. The first-order valence-electron chi connectivity index (χ1n) is 5.90. The van der Waals surface area contributed by atoms with Crippen LogP contribution in [0.25, 0.3) is 0 Å². The van der Waals surface area contributed by atoms with Crippen LogP contribution in [0.5, 0.6) is 0 Å². The third-order valence-electron chi connectivity index (χ3n) is 2.42. The number of nitrogens with one attached hydrogen (secondary N) is 1. The second kappa shape index (κ2) is 6.27. The highest BCUT2D eigenvalue weighted by atomic mass is 16.5. The van der Waals surface area contributed by atoms with Gasteiger partial charge in [0, 0.05) is 19.7 Å². The Labute approximate surface area is 102 Å². The van der Waals surface area contributed by atoms with Gasteiger partial charge in [-0.3, -0.25) is 0 Å². The van der Waals surface area contributed by atoms with E-state index in [2.05, 4.69) is 24.3 Å². The Kier molecular flexibility index (Phi) is 5.00. The number of carbonyl (C=O) groups excluding carboxylic acids is 1. The molecule has 0 aliphatic carbocycles. The molecule has 17 heavy (non-hydrogen) atoms. The zero-order valence-electron chi connectivity index (χ0n) is 11.0. The molecule has 0 saturated carbocycles. The molecule has 0 bridgehead atoms. The number of urea groups is 1. The molecule has 0 spiro atoms. The molecule has 1 aromatic heterocycles. The molecule has 0 aliphatic heterocycles. The molecule has 0 saturated heterocycles. The molecular weight excluding hydrogens is 218 g/mol. The van der Waals surface area contributed by atoms with E-state index < -0.39 is 0 Å². The van der Waals surface area contributed by atoms with Gasteiger partial charge in [-0.2, -0.15) is 0 Å². The molecule has 96 valence electrons. The third-order valence-corrected chi connectivity index (χ3v) is 2.42. The molecule has 0 aliphatic rings. The molecule has 1 heterocycles. The first kappa shape index (κ1) is 13.5. The Morgan fingerprint density at radius 1 is 1.59 bits per heavy atom. The van der Waals surface area contributed by atoms with Crippen molar-refractivity contribution in [2.45, 2.75) is 33.7 Å². The van der Waals surface area contributed by atoms with E-state index in [1.807, 2.05) is 13.0 Å². The van der Waals surface area contributed by atoms with E-state index in [9.17, 15) is 4.79 Å². The van der Waals surface area contributed by atoms with Crippen molar-refractivity contribution >= 4 is 6.03 Å². The maximum Gasteiger partial charge on any atom is 0.317 e. The fourth-order valence-electron chi connectivity index (χ4n) is 1.41. The van der Waals surface area contributed by atoms with Crippen LogP contribution in [0.4, 0.5) is 4.79 Å². The van der Waals surface area contributed by atoms with Gasteiger partial charge in [0.25, 0.3) is 0 Å². The lowest BCUT2D eigenvalue weighted by molar-refractivity contribution is 0.205. The first-order chi connectivity index (χ1) is 7.99. The van der Waals surface area contributed by atoms with Crippen LogP contribution in [0.1, 0.15) is 31.7 Å². The molecule has 0 atom stereocenters. The lowest BCUT2D eigenvalue weighted by atomic mass is 10.1. The number of hydrogen-bond donors (Lipinski definition) is 1. The van der Waals surface area contributed by atoms with Crippen molar-refractivity contribution in [1.29, 1.82) is 0 Å². The minimum Gasteiger partial charge on any atom is -0.361 e. The van der Waals surface area contributed by atoms with Crippen LogP contribution in [-0.4, -0.2) is 29.7 Å². The minimum atomic E-state index is -0.0775. The van der Waals surface area contributed by atoms with Crippen molar-refractivity contribution in [3.8, 4) is 0 Å². The normalized spacial score (nSPS) is 10.6. The monoisotopic (exact) mass is 239 g/mol. The van der Waals surface area contributed by atoms with Gasteiger partial charge in [0.2, 0.25) is 0 Å². The van der Waals surface area contributed by atoms with Crippen molar-refractivity contribution in [1.82, 2.24) is 15.4 Å². The van der Waals surface area contributed by atoms with Crippen LogP contribution in [0.15, 0.2) is 10.6 Å². The van der Waals surface area contributed by atoms with Gasteiger partial charge in [-0.1, -0.05) is 19.0 Å². The first-order valence-corrected chi connectivity index (χ1v) is 5.90. The second-order valence-corrected chi connectivity index (χ2v) is 4.70. The molecular formula is C12H21N3O2. The number of aromatic nitrogens is 1. The Hall–Kier alpha value is -1.52. The van der Waals surface area contributed by atoms with Gasteiger partial charge in [-0.25, -0.2) is 4.79 Å². The molecule has 0 unspecified atom stereocenters. The predicted molar refractivity (Wildman–Crippen MR) is 65.6 cm³/mol. The highest BCUT2D eigenvalue weighted by molar-refractivity contribution is 5.73. The highest BCUT2D eigenvalue weighted by Crippen LogP contribution is 2.04. The number of nitrogens with zero attached hydrogens (tertiary/aromatic N) is 2. The Morgan fingerprint density at radius 3 is 2.82 bits per heavy atom. The number of rotatable bonds is 5. The van der Waals surface area contributed by atoms with Crippen molar-refractivity contribution in [3.05, 3.63) is 17.5 Å². The van der Waals surface area contributed by atoms with Crippen LogP contribution >= 0.6 is 0 Å². The molecule has 0 aromatic carbocycles. The van der Waals surface area contributed by atoms with Gasteiger partial charge in [0.1, 0.15) is 11.5 Å². The van der Waals surface area contributed by atoms with E-state index in [0.717, 1.165) is 17.9 Å². The second-order valence-electron chi connectivity index (χ2n) is 4.70. The summed E-state index contributed by atoms with van der Waals surface area (Å²) in [5.41, 5.74) is 0.768. The minimum absolute atomic E-state index is 0.0775. The van der Waals surface area contributed by atoms with E-state index in [1.54, 1.807) is 11.9 Å². The van der Waals surface area contributed by atoms with Gasteiger partial charge in [-0.05, 0) is 19.3 Å². The van der Waals surface area contributed by atoms with Crippen molar-refractivity contribution in [2.24, 2.45) is 5.92 Å². The number of amides is 2. The van der Waals surface area contributed by atoms with Crippen LogP contribution in [0, 0.1) is 12.8 Å². The highest BCUT2D eigenvalue weighted by Gasteiger charge is 2.10. The summed E-state index contributed by atoms with van der Waals surface area (Å²) in [4.78, 5) is 13.3. The van der Waals surface area contributed by atoms with E-state index >= 15 is 0 Å². The maximum atomic E-state index is 11.7. The van der Waals surface area contributed by atoms with Gasteiger partial charge >= 0.3 is 6.03 Å². The molecule has 2 amide bonds. The van der Waals surface area contributed by atoms with E-state index in [1.165, 1.54) is 0 Å². The van der Waals surface area contributed by atoms with E-state index in [-0.39, 0.29) is 6.03 Å². The fourth-order valence-corrected chi connectivity index (χ4v) is 1.41. The molecule has 5 nitrogen and oxygen atoms in total. The quantitative estimate of drug-likeness (QED) is 0.856. The summed E-state index contributed by atoms with van der Waals surface area (Å²) in [7, 11) is 1.74. The predicted octanol–water partition coefficient (Wildman–Crippen LogP) is 2.17. The summed E-state index contributed by atoms with van der Waals surface area (Å²) in [5, 5.41) is 6.72. The van der Waals surface area contributed by atoms with Crippen molar-refractivity contribution in [3.63, 3.8) is 0 Å². The van der Waals surface area contributed by atoms with Gasteiger partial charge < -0.3 is 14.7 Å². The molecule has 5 heteroatoms. The number of hydrogen-bond acceptors (Lipinski definition) is 3. The molecule has 1 N–H and O–H groups in total. The van der Waals surface area contributed by atoms with Crippen LogP contribution in [-0.2, 0) is 6.54 Å². The molecule has 0 radical (unpaired) electrons. The SMILES string of the molecule is Cc1cc(CN(C)C(=O)NCCC(C)C)no1. The van der Waals surface area contributed by atoms with Crippen LogP contribution in [0.2, 0.25) is 0 Å². The Balaban J connectivity index is 2.31. The summed E-state index contributed by atoms with van der Waals surface area (Å²) in [5.74, 6) is 1.35. The summed E-state index contributed by atoms with van der Waals surface area (Å²) in [6.45, 7) is 7.27. The smallest absolute Gasteiger partial charge is 0.317 e. The van der Waals surface area contributed by atoms with Crippen LogP contribution in [0.3, 0.4) is 0 Å². The topological polar surface area (TPSA) is 58.4 Å². The van der Waals surface area contributed by atoms with Gasteiger partial charge in [0.15, 0.2) is 0 Å². The number of aryl methyl sites for hydroxylation is 1. The van der Waals surface area contributed by atoms with Gasteiger partial charge in [-0.15, -0.1) is 0 Å². The summed E-state index contributed by atoms with van der Waals surface area (Å²) in [6.07, 6.45) is 0.989. The zero-order chi connectivity index (χ0) is 12.8. The largest absolute Gasteiger partial charge is 0.361 e. The van der Waals surface area contributed by atoms with Crippen molar-refractivity contribution in [2.75, 3.05) is 13.6 Å². The maximum absolute atomic E-state index is 11.7. The molecule has 0 fully saturated rings. The van der Waals surface area contributed by atoms with Crippen molar-refractivity contribution < 1.29 is 9.32 Å². The standard InChI is InChI=1S/C12H21N3O2/c1-9(2)5-6-13-12(16)15(4)8-11-7-10(3)17-14-11/h7,9H,5-6,8H2,1-4H3,(H,13,16). The summed E-state index contributed by atoms with van der Waals surface area (Å²) < 4.78 is 4.95. The molecule has 1 rings (SSSR count). The average molecular weight is 239 g/mol. The average Bonchev–Trinajstić information content (AvgIpc) is 2.63. The Bertz CT molecular complexity index is 360. The lowest BCUT2D eigenvalue weighted by Crippen LogP contribution is -2.37. The third kappa shape index (κ3) is 4.89. The van der Waals surface area contributed by atoms with E-state index in [4.69, 9.17) is 4.52 Å². The number of carbonyl (C=O) groups is 1. The van der Waals surface area contributed by atoms with Crippen LogP contribution < -0.4 is 5.32 Å².